The van der Waals surface area contributed by atoms with Crippen LogP contribution in [0.2, 0.25) is 0 Å². The van der Waals surface area contributed by atoms with Gasteiger partial charge in [-0.05, 0) is 35.6 Å². The highest BCUT2D eigenvalue weighted by Crippen LogP contribution is 2.43. The molecule has 0 bridgehead atoms. The third-order valence-electron chi connectivity index (χ3n) is 7.18. The minimum absolute atomic E-state index is 0.422. The Hall–Kier alpha value is -3.33. The zero-order chi connectivity index (χ0) is 22.1. The summed E-state index contributed by atoms with van der Waals surface area (Å²) in [6.45, 7) is 10.2. The average Bonchev–Trinajstić information content (AvgIpc) is 3.44. The van der Waals surface area contributed by atoms with Gasteiger partial charge in [-0.15, -0.1) is 0 Å². The van der Waals surface area contributed by atoms with Crippen molar-refractivity contribution in [3.05, 3.63) is 83.7 Å². The molecule has 0 saturated carbocycles. The third kappa shape index (κ3) is 2.51. The number of fused-ring (bicyclic) bond motifs is 6. The maximum Gasteiger partial charge on any atom is 0.294 e. The second-order valence-corrected chi connectivity index (χ2v) is 9.79. The van der Waals surface area contributed by atoms with Crippen molar-refractivity contribution in [3.8, 4) is 17.1 Å². The van der Waals surface area contributed by atoms with Crippen LogP contribution in [0.5, 0.6) is 0 Å². The molecule has 5 aromatic rings. The second-order valence-electron chi connectivity index (χ2n) is 9.79. The molecular formula is C29H30N3+. The van der Waals surface area contributed by atoms with Gasteiger partial charge >= 0.3 is 0 Å². The predicted molar refractivity (Wildman–Crippen MR) is 133 cm³/mol. The normalized spacial score (nSPS) is 13.0. The van der Waals surface area contributed by atoms with Crippen molar-refractivity contribution in [2.45, 2.75) is 46.1 Å². The molecule has 3 heteroatoms. The lowest BCUT2D eigenvalue weighted by Crippen LogP contribution is -2.30. The zero-order valence-electron chi connectivity index (χ0n) is 19.6. The second kappa shape index (κ2) is 6.83. The fourth-order valence-electron chi connectivity index (χ4n) is 5.64. The Morgan fingerprint density at radius 3 is 2.38 bits per heavy atom. The maximum absolute atomic E-state index is 2.48. The first-order valence-corrected chi connectivity index (χ1v) is 11.7. The van der Waals surface area contributed by atoms with Gasteiger partial charge < -0.3 is 4.57 Å². The van der Waals surface area contributed by atoms with Crippen LogP contribution in [0.15, 0.2) is 67.0 Å². The van der Waals surface area contributed by atoms with E-state index in [1.807, 2.05) is 0 Å². The molecule has 0 spiro atoms. The van der Waals surface area contributed by atoms with Gasteiger partial charge in [0.25, 0.3) is 5.82 Å². The molecule has 0 saturated heterocycles. The predicted octanol–water partition coefficient (Wildman–Crippen LogP) is 6.69. The molecule has 0 unspecified atom stereocenters. The number of hydrogen-bond acceptors (Lipinski definition) is 0. The number of para-hydroxylation sites is 1. The first kappa shape index (κ1) is 19.4. The van der Waals surface area contributed by atoms with E-state index >= 15 is 0 Å². The number of hydrogen-bond donors (Lipinski definition) is 0. The van der Waals surface area contributed by atoms with Gasteiger partial charge in [-0.25, -0.2) is 4.57 Å². The summed E-state index contributed by atoms with van der Waals surface area (Å²) >= 11 is 0. The molecule has 0 N–H and O–H groups in total. The number of rotatable bonds is 3. The molecule has 1 aliphatic rings. The van der Waals surface area contributed by atoms with E-state index in [0.717, 1.165) is 6.54 Å². The van der Waals surface area contributed by atoms with Gasteiger partial charge in [0.1, 0.15) is 24.6 Å². The van der Waals surface area contributed by atoms with E-state index in [2.05, 4.69) is 115 Å². The Balaban J connectivity index is 1.82. The van der Waals surface area contributed by atoms with Gasteiger partial charge in [-0.3, -0.25) is 0 Å². The Kier molecular flexibility index (Phi) is 4.13. The first-order chi connectivity index (χ1) is 15.5. The lowest BCUT2D eigenvalue weighted by molar-refractivity contribution is -0.671. The lowest BCUT2D eigenvalue weighted by atomic mass is 9.90. The summed E-state index contributed by atoms with van der Waals surface area (Å²) in [5, 5.41) is 2.71. The topological polar surface area (TPSA) is 13.7 Å². The van der Waals surface area contributed by atoms with Crippen LogP contribution in [0.1, 0.15) is 56.2 Å². The van der Waals surface area contributed by atoms with Crippen molar-refractivity contribution in [1.29, 1.82) is 0 Å². The van der Waals surface area contributed by atoms with E-state index in [0.29, 0.717) is 11.8 Å². The summed E-state index contributed by atoms with van der Waals surface area (Å²) in [6.07, 6.45) is 4.51. The molecule has 160 valence electrons. The molecule has 1 aliphatic heterocycles. The Bertz CT molecular complexity index is 1510. The summed E-state index contributed by atoms with van der Waals surface area (Å²) in [4.78, 5) is 0. The SMILES string of the molecule is CC(C)c1cc(C(C)C)c2c(c1-n1cc[n+]3c1-c1ccccc1C3)c1ccccc1n2C. The van der Waals surface area contributed by atoms with Gasteiger partial charge in [0.2, 0.25) is 0 Å². The number of benzene rings is 3. The van der Waals surface area contributed by atoms with E-state index in [1.165, 1.54) is 55.6 Å². The van der Waals surface area contributed by atoms with E-state index in [9.17, 15) is 0 Å². The van der Waals surface area contributed by atoms with E-state index in [-0.39, 0.29) is 0 Å². The molecule has 32 heavy (non-hydrogen) atoms. The van der Waals surface area contributed by atoms with Crippen LogP contribution in [0.4, 0.5) is 0 Å². The van der Waals surface area contributed by atoms with Crippen LogP contribution in [-0.2, 0) is 13.6 Å². The van der Waals surface area contributed by atoms with E-state index in [4.69, 9.17) is 0 Å². The summed E-state index contributed by atoms with van der Waals surface area (Å²) in [7, 11) is 2.22. The number of imidazole rings is 1. The van der Waals surface area contributed by atoms with Crippen LogP contribution < -0.4 is 4.57 Å². The number of nitrogens with zero attached hydrogens (tertiary/aromatic N) is 3. The quantitative estimate of drug-likeness (QED) is 0.283. The highest BCUT2D eigenvalue weighted by atomic mass is 15.2. The van der Waals surface area contributed by atoms with Crippen LogP contribution in [-0.4, -0.2) is 9.13 Å². The number of aryl methyl sites for hydroxylation is 1. The van der Waals surface area contributed by atoms with Crippen molar-refractivity contribution < 1.29 is 4.57 Å². The highest BCUT2D eigenvalue weighted by Gasteiger charge is 2.33. The lowest BCUT2D eigenvalue weighted by Gasteiger charge is -2.18. The van der Waals surface area contributed by atoms with E-state index < -0.39 is 0 Å². The molecule has 0 amide bonds. The van der Waals surface area contributed by atoms with Gasteiger partial charge in [-0.1, -0.05) is 64.1 Å². The Labute approximate surface area is 189 Å². The standard InChI is InChI=1S/C29H30N3/c1-18(2)23-16-24(19(3)4)28(26-22-12-8-9-13-25(22)30(5)27(23)26)32-15-14-31-17-20-10-6-7-11-21(20)29(31)32/h6-16,18-19H,17H2,1-5H3/q+1. The van der Waals surface area contributed by atoms with Gasteiger partial charge in [0.15, 0.2) is 0 Å². The average molecular weight is 421 g/mol. The highest BCUT2D eigenvalue weighted by molar-refractivity contribution is 6.14. The third-order valence-corrected chi connectivity index (χ3v) is 7.18. The van der Waals surface area contributed by atoms with Crippen LogP contribution >= 0.6 is 0 Å². The molecular weight excluding hydrogens is 390 g/mol. The molecule has 3 aromatic carbocycles. The van der Waals surface area contributed by atoms with Gasteiger partial charge in [-0.2, -0.15) is 4.57 Å². The minimum Gasteiger partial charge on any atom is -0.343 e. The summed E-state index contributed by atoms with van der Waals surface area (Å²) in [5.74, 6) is 2.16. The molecule has 2 aromatic heterocycles. The molecule has 0 aliphatic carbocycles. The molecule has 0 atom stereocenters. The van der Waals surface area contributed by atoms with E-state index in [1.54, 1.807) is 0 Å². The fraction of sp³-hybridized carbons (Fsp3) is 0.276. The largest absolute Gasteiger partial charge is 0.343 e. The van der Waals surface area contributed by atoms with Gasteiger partial charge in [0, 0.05) is 29.1 Å². The molecule has 6 rings (SSSR count). The first-order valence-electron chi connectivity index (χ1n) is 11.7. The van der Waals surface area contributed by atoms with Crippen LogP contribution in [0, 0.1) is 0 Å². The van der Waals surface area contributed by atoms with Crippen molar-refractivity contribution >= 4 is 21.8 Å². The van der Waals surface area contributed by atoms with Crippen LogP contribution in [0.25, 0.3) is 38.9 Å². The Morgan fingerprint density at radius 2 is 1.59 bits per heavy atom. The van der Waals surface area contributed by atoms with Crippen molar-refractivity contribution in [1.82, 2.24) is 9.13 Å². The fourth-order valence-corrected chi connectivity index (χ4v) is 5.64. The maximum atomic E-state index is 2.48. The monoisotopic (exact) mass is 420 g/mol. The summed E-state index contributed by atoms with van der Waals surface area (Å²) in [5.41, 5.74) is 9.58. The van der Waals surface area contributed by atoms with Crippen molar-refractivity contribution in [2.75, 3.05) is 0 Å². The minimum atomic E-state index is 0.422. The van der Waals surface area contributed by atoms with Crippen molar-refractivity contribution in [3.63, 3.8) is 0 Å². The van der Waals surface area contributed by atoms with Crippen molar-refractivity contribution in [2.24, 2.45) is 7.05 Å². The summed E-state index contributed by atoms with van der Waals surface area (Å²) < 4.78 is 7.25. The van der Waals surface area contributed by atoms with Gasteiger partial charge in [0.05, 0.1) is 16.5 Å². The zero-order valence-corrected chi connectivity index (χ0v) is 19.6. The number of aromatic nitrogens is 3. The molecule has 0 radical (unpaired) electrons. The summed E-state index contributed by atoms with van der Waals surface area (Å²) in [6, 6.07) is 20.2. The molecule has 3 heterocycles. The smallest absolute Gasteiger partial charge is 0.294 e. The molecule has 0 fully saturated rings. The van der Waals surface area contributed by atoms with Crippen LogP contribution in [0.3, 0.4) is 0 Å². The Morgan fingerprint density at radius 1 is 0.875 bits per heavy atom. The molecule has 3 nitrogen and oxygen atoms in total.